The molecule has 0 radical (unpaired) electrons. The van der Waals surface area contributed by atoms with Crippen molar-refractivity contribution < 1.29 is 14.3 Å². The molecule has 0 saturated carbocycles. The van der Waals surface area contributed by atoms with Gasteiger partial charge in [0.15, 0.2) is 0 Å². The standard InChI is InChI=1S/C31H35Cl2N3O3/c1-23(37)34-31(26-11-7-4-8-12-26)15-17-36(18-16-31)19-20-39-29(25-13-14-27(32)28(33)21-25)22-35(2)30(38)24-9-5-3-6-10-24/h3-14,21,29H,15-20,22H2,1-2H3,(H,34,37). The number of hydrogen-bond donors (Lipinski definition) is 1. The number of nitrogens with zero attached hydrogens (tertiary/aromatic N) is 2. The van der Waals surface area contributed by atoms with Gasteiger partial charge < -0.3 is 19.9 Å². The van der Waals surface area contributed by atoms with E-state index in [0.29, 0.717) is 28.8 Å². The topological polar surface area (TPSA) is 61.9 Å². The van der Waals surface area contributed by atoms with Crippen LogP contribution in [-0.2, 0) is 15.1 Å². The van der Waals surface area contributed by atoms with E-state index < -0.39 is 0 Å². The molecule has 2 amide bonds. The Kier molecular flexibility index (Phi) is 10.0. The summed E-state index contributed by atoms with van der Waals surface area (Å²) in [5.74, 6) is -0.0928. The van der Waals surface area contributed by atoms with Crippen LogP contribution in [0.2, 0.25) is 10.0 Å². The summed E-state index contributed by atoms with van der Waals surface area (Å²) < 4.78 is 6.38. The number of carbonyl (C=O) groups is 2. The Balaban J connectivity index is 1.39. The number of carbonyl (C=O) groups excluding carboxylic acids is 2. The molecule has 206 valence electrons. The minimum Gasteiger partial charge on any atom is -0.370 e. The zero-order chi connectivity index (χ0) is 27.8. The van der Waals surface area contributed by atoms with Crippen LogP contribution in [0, 0.1) is 0 Å². The van der Waals surface area contributed by atoms with E-state index >= 15 is 0 Å². The smallest absolute Gasteiger partial charge is 0.253 e. The van der Waals surface area contributed by atoms with Gasteiger partial charge in [0.2, 0.25) is 5.91 Å². The summed E-state index contributed by atoms with van der Waals surface area (Å²) in [4.78, 5) is 29.1. The van der Waals surface area contributed by atoms with Gasteiger partial charge in [-0.15, -0.1) is 0 Å². The maximum Gasteiger partial charge on any atom is 0.253 e. The molecule has 39 heavy (non-hydrogen) atoms. The molecule has 1 aliphatic rings. The Hall–Kier alpha value is -2.90. The van der Waals surface area contributed by atoms with E-state index in [2.05, 4.69) is 22.3 Å². The molecule has 1 atom stereocenters. The van der Waals surface area contributed by atoms with Crippen LogP contribution in [0.25, 0.3) is 0 Å². The molecular weight excluding hydrogens is 533 g/mol. The molecule has 0 spiro atoms. The van der Waals surface area contributed by atoms with Gasteiger partial charge in [0.25, 0.3) is 5.91 Å². The van der Waals surface area contributed by atoms with Gasteiger partial charge in [-0.05, 0) is 48.2 Å². The van der Waals surface area contributed by atoms with Crippen molar-refractivity contribution in [3.05, 3.63) is 106 Å². The fourth-order valence-corrected chi connectivity index (χ4v) is 5.47. The Morgan fingerprint density at radius 1 is 0.974 bits per heavy atom. The number of rotatable bonds is 10. The van der Waals surface area contributed by atoms with Gasteiger partial charge in [-0.1, -0.05) is 77.8 Å². The quantitative estimate of drug-likeness (QED) is 0.329. The number of piperidine rings is 1. The molecule has 3 aromatic rings. The third-order valence-corrected chi connectivity index (χ3v) is 8.04. The van der Waals surface area contributed by atoms with E-state index in [9.17, 15) is 9.59 Å². The molecule has 6 nitrogen and oxygen atoms in total. The number of likely N-dealkylation sites (N-methyl/N-ethyl adjacent to an activating group) is 1. The molecule has 1 fully saturated rings. The average Bonchev–Trinajstić information content (AvgIpc) is 2.95. The Morgan fingerprint density at radius 3 is 2.23 bits per heavy atom. The first-order valence-corrected chi connectivity index (χ1v) is 14.0. The zero-order valence-corrected chi connectivity index (χ0v) is 23.9. The largest absolute Gasteiger partial charge is 0.370 e. The molecule has 1 heterocycles. The lowest BCUT2D eigenvalue weighted by Gasteiger charge is -2.42. The summed E-state index contributed by atoms with van der Waals surface area (Å²) in [6.07, 6.45) is 1.27. The van der Waals surface area contributed by atoms with E-state index in [-0.39, 0.29) is 23.5 Å². The first-order chi connectivity index (χ1) is 18.8. The van der Waals surface area contributed by atoms with Gasteiger partial charge in [0.05, 0.1) is 28.7 Å². The molecule has 1 N–H and O–H groups in total. The summed E-state index contributed by atoms with van der Waals surface area (Å²) in [6.45, 7) is 4.83. The lowest BCUT2D eigenvalue weighted by atomic mass is 9.80. The monoisotopic (exact) mass is 567 g/mol. The SMILES string of the molecule is CC(=O)NC1(c2ccccc2)CCN(CCOC(CN(C)C(=O)c2ccccc2)c2ccc(Cl)c(Cl)c2)CC1. The van der Waals surface area contributed by atoms with Crippen molar-refractivity contribution in [3.63, 3.8) is 0 Å². The number of hydrogen-bond acceptors (Lipinski definition) is 4. The van der Waals surface area contributed by atoms with Crippen LogP contribution < -0.4 is 5.32 Å². The second-order valence-corrected chi connectivity index (χ2v) is 10.9. The molecule has 1 aliphatic heterocycles. The Labute approximate surface area is 240 Å². The van der Waals surface area contributed by atoms with Crippen LogP contribution in [0.1, 0.15) is 47.4 Å². The Bertz CT molecular complexity index is 1250. The predicted molar refractivity (Wildman–Crippen MR) is 156 cm³/mol. The van der Waals surface area contributed by atoms with Gasteiger partial charge in [-0.3, -0.25) is 9.59 Å². The summed E-state index contributed by atoms with van der Waals surface area (Å²) in [5.41, 5.74) is 2.28. The Morgan fingerprint density at radius 2 is 1.62 bits per heavy atom. The maximum atomic E-state index is 13.0. The third-order valence-electron chi connectivity index (χ3n) is 7.30. The lowest BCUT2D eigenvalue weighted by molar-refractivity contribution is -0.121. The fourth-order valence-electron chi connectivity index (χ4n) is 5.16. The molecule has 1 unspecified atom stereocenters. The number of halogens is 2. The molecule has 1 saturated heterocycles. The van der Waals surface area contributed by atoms with Crippen molar-refractivity contribution >= 4 is 35.0 Å². The summed E-state index contributed by atoms with van der Waals surface area (Å²) >= 11 is 12.5. The molecule has 0 aromatic heterocycles. The number of likely N-dealkylation sites (tertiary alicyclic amines) is 1. The lowest BCUT2D eigenvalue weighted by Crippen LogP contribution is -2.53. The highest BCUT2D eigenvalue weighted by molar-refractivity contribution is 6.42. The summed E-state index contributed by atoms with van der Waals surface area (Å²) in [5, 5.41) is 4.15. The first-order valence-electron chi connectivity index (χ1n) is 13.2. The van der Waals surface area contributed by atoms with Crippen molar-refractivity contribution in [2.24, 2.45) is 0 Å². The van der Waals surface area contributed by atoms with Crippen LogP contribution in [0.5, 0.6) is 0 Å². The summed E-state index contributed by atoms with van der Waals surface area (Å²) in [6, 6.07) is 24.9. The highest BCUT2D eigenvalue weighted by Gasteiger charge is 2.36. The minimum atomic E-state index is -0.370. The molecule has 3 aromatic carbocycles. The van der Waals surface area contributed by atoms with Gasteiger partial charge in [0.1, 0.15) is 6.10 Å². The highest BCUT2D eigenvalue weighted by Crippen LogP contribution is 2.33. The van der Waals surface area contributed by atoms with Crippen LogP contribution in [0.4, 0.5) is 0 Å². The van der Waals surface area contributed by atoms with E-state index in [1.54, 1.807) is 43.1 Å². The molecule has 0 bridgehead atoms. The number of amides is 2. The van der Waals surface area contributed by atoms with Gasteiger partial charge in [-0.25, -0.2) is 0 Å². The second kappa shape index (κ2) is 13.4. The molecule has 0 aliphatic carbocycles. The van der Waals surface area contributed by atoms with Gasteiger partial charge in [-0.2, -0.15) is 0 Å². The number of ether oxygens (including phenoxy) is 1. The van der Waals surface area contributed by atoms with Crippen LogP contribution in [0.15, 0.2) is 78.9 Å². The zero-order valence-electron chi connectivity index (χ0n) is 22.4. The van der Waals surface area contributed by atoms with Gasteiger partial charge >= 0.3 is 0 Å². The summed E-state index contributed by atoms with van der Waals surface area (Å²) in [7, 11) is 1.78. The van der Waals surface area contributed by atoms with Crippen LogP contribution >= 0.6 is 23.2 Å². The second-order valence-electron chi connectivity index (χ2n) is 10.1. The molecule has 8 heteroatoms. The third kappa shape index (κ3) is 7.61. The highest BCUT2D eigenvalue weighted by atomic mass is 35.5. The predicted octanol–water partition coefficient (Wildman–Crippen LogP) is 5.95. The molecule has 4 rings (SSSR count). The number of nitrogens with one attached hydrogen (secondary N) is 1. The minimum absolute atomic E-state index is 0.0192. The normalized spacial score (nSPS) is 15.9. The van der Waals surface area contributed by atoms with Crippen LogP contribution in [0.3, 0.4) is 0 Å². The van der Waals surface area contributed by atoms with Crippen molar-refractivity contribution in [2.45, 2.75) is 31.4 Å². The van der Waals surface area contributed by atoms with E-state index in [1.807, 2.05) is 42.5 Å². The van der Waals surface area contributed by atoms with Gasteiger partial charge in [0, 0.05) is 39.2 Å². The van der Waals surface area contributed by atoms with E-state index in [1.165, 1.54) is 0 Å². The van der Waals surface area contributed by atoms with E-state index in [4.69, 9.17) is 27.9 Å². The van der Waals surface area contributed by atoms with Crippen molar-refractivity contribution in [1.29, 1.82) is 0 Å². The molecular formula is C31H35Cl2N3O3. The number of benzene rings is 3. The maximum absolute atomic E-state index is 13.0. The van der Waals surface area contributed by atoms with E-state index in [0.717, 1.165) is 43.6 Å². The fraction of sp³-hybridized carbons (Fsp3) is 0.355. The van der Waals surface area contributed by atoms with Crippen molar-refractivity contribution in [3.8, 4) is 0 Å². The van der Waals surface area contributed by atoms with Crippen molar-refractivity contribution in [1.82, 2.24) is 15.1 Å². The average molecular weight is 569 g/mol. The van der Waals surface area contributed by atoms with Crippen molar-refractivity contribution in [2.75, 3.05) is 39.8 Å². The first kappa shape index (κ1) is 29.1. The van der Waals surface area contributed by atoms with Crippen LogP contribution in [-0.4, -0.2) is 61.4 Å².